The van der Waals surface area contributed by atoms with E-state index < -0.39 is 0 Å². The summed E-state index contributed by atoms with van der Waals surface area (Å²) in [5, 5.41) is 0. The van der Waals surface area contributed by atoms with Crippen LogP contribution in [-0.2, 0) is 4.18 Å². The number of allylic oxidation sites excluding steroid dienone is 3. The van der Waals surface area contributed by atoms with Crippen LogP contribution in [0.15, 0.2) is 24.5 Å². The minimum absolute atomic E-state index is 0.646. The van der Waals surface area contributed by atoms with Gasteiger partial charge >= 0.3 is 0 Å². The van der Waals surface area contributed by atoms with Crippen LogP contribution in [0.4, 0.5) is 0 Å². The van der Waals surface area contributed by atoms with Crippen molar-refractivity contribution in [1.82, 2.24) is 0 Å². The third-order valence-corrected chi connectivity index (χ3v) is 2.09. The van der Waals surface area contributed by atoms with Crippen molar-refractivity contribution in [3.05, 3.63) is 24.5 Å². The standard InChI is InChI=1S/C8H12OS/c1-2-7-3-5-8(9-10)6-4-7/h2,5,7,10H,1,3-4,6H2. The summed E-state index contributed by atoms with van der Waals surface area (Å²) in [4.78, 5) is 0. The number of thiol groups is 1. The van der Waals surface area contributed by atoms with Gasteiger partial charge in [-0.3, -0.25) is 0 Å². The van der Waals surface area contributed by atoms with E-state index in [4.69, 9.17) is 4.18 Å². The summed E-state index contributed by atoms with van der Waals surface area (Å²) in [5.74, 6) is 1.65. The van der Waals surface area contributed by atoms with E-state index in [0.717, 1.165) is 25.0 Å². The van der Waals surface area contributed by atoms with E-state index in [9.17, 15) is 0 Å². The van der Waals surface area contributed by atoms with Crippen LogP contribution in [-0.4, -0.2) is 0 Å². The number of hydrogen-bond donors (Lipinski definition) is 1. The quantitative estimate of drug-likeness (QED) is 0.367. The lowest BCUT2D eigenvalue weighted by Crippen LogP contribution is -2.02. The van der Waals surface area contributed by atoms with E-state index in [1.807, 2.05) is 6.08 Å². The summed E-state index contributed by atoms with van der Waals surface area (Å²) < 4.78 is 4.81. The highest BCUT2D eigenvalue weighted by Crippen LogP contribution is 2.24. The Labute approximate surface area is 67.4 Å². The van der Waals surface area contributed by atoms with E-state index in [-0.39, 0.29) is 0 Å². The molecule has 1 aliphatic rings. The first-order valence-electron chi connectivity index (χ1n) is 3.50. The van der Waals surface area contributed by atoms with Crippen LogP contribution in [0.2, 0.25) is 0 Å². The lowest BCUT2D eigenvalue weighted by Gasteiger charge is -2.16. The summed E-state index contributed by atoms with van der Waals surface area (Å²) in [6.07, 6.45) is 7.30. The van der Waals surface area contributed by atoms with Crippen molar-refractivity contribution in [2.45, 2.75) is 19.3 Å². The van der Waals surface area contributed by atoms with Crippen LogP contribution in [0.1, 0.15) is 19.3 Å². The average Bonchev–Trinajstić information content (AvgIpc) is 2.05. The Hall–Kier alpha value is -0.370. The van der Waals surface area contributed by atoms with Gasteiger partial charge in [-0.25, -0.2) is 0 Å². The molecule has 0 amide bonds. The molecule has 0 aliphatic heterocycles. The predicted molar refractivity (Wildman–Crippen MR) is 45.7 cm³/mol. The van der Waals surface area contributed by atoms with Gasteiger partial charge in [0.1, 0.15) is 5.76 Å². The average molecular weight is 156 g/mol. The molecule has 0 aromatic heterocycles. The third kappa shape index (κ3) is 1.81. The SMILES string of the molecule is C=CC1CC=C(OS)CC1. The van der Waals surface area contributed by atoms with Crippen molar-refractivity contribution < 1.29 is 4.18 Å². The Balaban J connectivity index is 2.43. The molecule has 0 heterocycles. The van der Waals surface area contributed by atoms with Crippen molar-refractivity contribution in [1.29, 1.82) is 0 Å². The van der Waals surface area contributed by atoms with Gasteiger partial charge in [-0.1, -0.05) is 6.08 Å². The summed E-state index contributed by atoms with van der Waals surface area (Å²) in [6.45, 7) is 3.75. The summed E-state index contributed by atoms with van der Waals surface area (Å²) in [6, 6.07) is 0. The molecule has 2 heteroatoms. The van der Waals surface area contributed by atoms with E-state index in [2.05, 4.69) is 25.6 Å². The first-order chi connectivity index (χ1) is 4.86. The lowest BCUT2D eigenvalue weighted by atomic mass is 9.94. The van der Waals surface area contributed by atoms with E-state index in [1.54, 1.807) is 0 Å². The molecule has 0 saturated heterocycles. The van der Waals surface area contributed by atoms with Gasteiger partial charge in [0.2, 0.25) is 0 Å². The monoisotopic (exact) mass is 156 g/mol. The molecule has 1 rings (SSSR count). The fourth-order valence-corrected chi connectivity index (χ4v) is 1.29. The highest BCUT2D eigenvalue weighted by atomic mass is 32.1. The maximum absolute atomic E-state index is 4.81. The Morgan fingerprint density at radius 1 is 1.80 bits per heavy atom. The van der Waals surface area contributed by atoms with Crippen LogP contribution >= 0.6 is 12.9 Å². The van der Waals surface area contributed by atoms with Gasteiger partial charge in [0.25, 0.3) is 0 Å². The van der Waals surface area contributed by atoms with Crippen molar-refractivity contribution in [2.24, 2.45) is 5.92 Å². The molecule has 0 saturated carbocycles. The fraction of sp³-hybridized carbons (Fsp3) is 0.500. The molecule has 0 radical (unpaired) electrons. The molecule has 0 aromatic carbocycles. The van der Waals surface area contributed by atoms with Crippen LogP contribution in [0.5, 0.6) is 0 Å². The van der Waals surface area contributed by atoms with Crippen LogP contribution < -0.4 is 0 Å². The zero-order valence-electron chi connectivity index (χ0n) is 5.92. The predicted octanol–water partition coefficient (Wildman–Crippen LogP) is 2.72. The molecule has 0 fully saturated rings. The Morgan fingerprint density at radius 2 is 2.60 bits per heavy atom. The molecular formula is C8H12OS. The molecule has 1 atom stereocenters. The Bertz CT molecular complexity index is 151. The molecule has 0 N–H and O–H groups in total. The van der Waals surface area contributed by atoms with E-state index >= 15 is 0 Å². The van der Waals surface area contributed by atoms with Gasteiger partial charge in [-0.2, -0.15) is 0 Å². The van der Waals surface area contributed by atoms with Gasteiger partial charge in [0, 0.05) is 19.3 Å². The van der Waals surface area contributed by atoms with E-state index in [0.29, 0.717) is 5.92 Å². The molecule has 56 valence electrons. The van der Waals surface area contributed by atoms with Crippen LogP contribution in [0.3, 0.4) is 0 Å². The molecular weight excluding hydrogens is 144 g/mol. The highest BCUT2D eigenvalue weighted by Gasteiger charge is 2.10. The molecule has 10 heavy (non-hydrogen) atoms. The van der Waals surface area contributed by atoms with Crippen LogP contribution in [0, 0.1) is 5.92 Å². The first-order valence-corrected chi connectivity index (χ1v) is 3.86. The van der Waals surface area contributed by atoms with Gasteiger partial charge in [-0.05, 0) is 24.8 Å². The normalized spacial score (nSPS) is 25.3. The molecule has 1 nitrogen and oxygen atoms in total. The van der Waals surface area contributed by atoms with Crippen molar-refractivity contribution in [3.63, 3.8) is 0 Å². The Kier molecular flexibility index (Phi) is 2.87. The summed E-state index contributed by atoms with van der Waals surface area (Å²) in [5.41, 5.74) is 0. The van der Waals surface area contributed by atoms with Crippen molar-refractivity contribution in [3.8, 4) is 0 Å². The van der Waals surface area contributed by atoms with Crippen molar-refractivity contribution in [2.75, 3.05) is 0 Å². The molecule has 0 spiro atoms. The van der Waals surface area contributed by atoms with Crippen LogP contribution in [0.25, 0.3) is 0 Å². The molecule has 1 unspecified atom stereocenters. The number of hydrogen-bond acceptors (Lipinski definition) is 2. The van der Waals surface area contributed by atoms with Crippen molar-refractivity contribution >= 4 is 12.9 Å². The summed E-state index contributed by atoms with van der Waals surface area (Å²) in [7, 11) is 0. The summed E-state index contributed by atoms with van der Waals surface area (Å²) >= 11 is 3.73. The van der Waals surface area contributed by atoms with Gasteiger partial charge in [-0.15, -0.1) is 6.58 Å². The van der Waals surface area contributed by atoms with Gasteiger partial charge in [0.05, 0.1) is 0 Å². The number of rotatable bonds is 2. The highest BCUT2D eigenvalue weighted by molar-refractivity contribution is 7.75. The molecule has 0 bridgehead atoms. The smallest absolute Gasteiger partial charge is 0.110 e. The second-order valence-electron chi connectivity index (χ2n) is 2.53. The maximum Gasteiger partial charge on any atom is 0.110 e. The topological polar surface area (TPSA) is 9.23 Å². The fourth-order valence-electron chi connectivity index (χ4n) is 1.13. The zero-order valence-corrected chi connectivity index (χ0v) is 6.81. The molecule has 0 aromatic rings. The minimum atomic E-state index is 0.646. The van der Waals surface area contributed by atoms with Gasteiger partial charge < -0.3 is 4.18 Å². The Morgan fingerprint density at radius 3 is 3.00 bits per heavy atom. The largest absolute Gasteiger partial charge is 0.434 e. The van der Waals surface area contributed by atoms with E-state index in [1.165, 1.54) is 0 Å². The maximum atomic E-state index is 4.81. The second-order valence-corrected chi connectivity index (χ2v) is 2.71. The van der Waals surface area contributed by atoms with Gasteiger partial charge in [0.15, 0.2) is 0 Å². The zero-order chi connectivity index (χ0) is 7.40. The minimum Gasteiger partial charge on any atom is -0.434 e. The third-order valence-electron chi connectivity index (χ3n) is 1.86. The first kappa shape index (κ1) is 7.73. The molecule has 1 aliphatic carbocycles. The lowest BCUT2D eigenvalue weighted by molar-refractivity contribution is 0.420. The second kappa shape index (κ2) is 3.71.